The van der Waals surface area contributed by atoms with Gasteiger partial charge in [0.1, 0.15) is 11.5 Å². The molecule has 0 saturated heterocycles. The Labute approximate surface area is 183 Å². The van der Waals surface area contributed by atoms with Gasteiger partial charge in [-0.3, -0.25) is 14.9 Å². The lowest BCUT2D eigenvalue weighted by atomic mass is 10.1. The zero-order valence-electron chi connectivity index (χ0n) is 17.3. The largest absolute Gasteiger partial charge is 0.497 e. The number of rotatable bonds is 7. The molecular weight excluding hydrogens is 414 g/mol. The summed E-state index contributed by atoms with van der Waals surface area (Å²) >= 11 is 0. The number of aryl methyl sites for hydroxylation is 1. The van der Waals surface area contributed by atoms with Crippen LogP contribution < -0.4 is 14.9 Å². The Hall–Kier alpha value is -4.53. The topological polar surface area (TPSA) is 120 Å². The zero-order valence-corrected chi connectivity index (χ0v) is 17.3. The minimum Gasteiger partial charge on any atom is -0.497 e. The maximum absolute atomic E-state index is 12.5. The predicted octanol–water partition coefficient (Wildman–Crippen LogP) is 3.89. The summed E-state index contributed by atoms with van der Waals surface area (Å²) in [7, 11) is 1.47. The lowest BCUT2D eigenvalue weighted by Gasteiger charge is -2.08. The van der Waals surface area contributed by atoms with E-state index in [1.54, 1.807) is 42.5 Å². The highest BCUT2D eigenvalue weighted by atomic mass is 16.6. The second-order valence-electron chi connectivity index (χ2n) is 6.67. The Morgan fingerprint density at radius 2 is 1.78 bits per heavy atom. The molecule has 9 heteroatoms. The summed E-state index contributed by atoms with van der Waals surface area (Å²) in [6, 6.07) is 16.9. The number of amides is 1. The van der Waals surface area contributed by atoms with Crippen molar-refractivity contribution in [3.63, 3.8) is 0 Å². The number of nitrogens with one attached hydrogen (secondary N) is 1. The number of nitro groups is 1. The molecule has 0 aliphatic rings. The van der Waals surface area contributed by atoms with Crippen molar-refractivity contribution in [3.05, 3.63) is 99.1 Å². The third-order valence-electron chi connectivity index (χ3n) is 4.40. The molecule has 0 aromatic heterocycles. The summed E-state index contributed by atoms with van der Waals surface area (Å²) < 4.78 is 10.5. The van der Waals surface area contributed by atoms with E-state index >= 15 is 0 Å². The van der Waals surface area contributed by atoms with Gasteiger partial charge in [0, 0.05) is 23.3 Å². The van der Waals surface area contributed by atoms with Crippen LogP contribution in [0, 0.1) is 17.0 Å². The first-order valence-electron chi connectivity index (χ1n) is 9.42. The molecule has 3 aromatic carbocycles. The molecule has 0 atom stereocenters. The van der Waals surface area contributed by atoms with E-state index in [1.807, 2.05) is 6.92 Å². The maximum Gasteiger partial charge on any atom is 0.343 e. The third-order valence-corrected chi connectivity index (χ3v) is 4.40. The standard InChI is InChI=1S/C23H19N3O6/c1-15-6-8-16(9-7-15)22(27)25-24-14-18-12-19(26(29)30)10-11-21(18)32-23(28)17-4-3-5-20(13-17)31-2/h3-14H,1-2H3,(H,25,27)/b24-14+. The Balaban J connectivity index is 1.81. The smallest absolute Gasteiger partial charge is 0.343 e. The Kier molecular flexibility index (Phi) is 6.92. The molecule has 0 radical (unpaired) electrons. The van der Waals surface area contributed by atoms with Crippen molar-refractivity contribution in [2.75, 3.05) is 7.11 Å². The van der Waals surface area contributed by atoms with Crippen LogP contribution in [0.3, 0.4) is 0 Å². The number of hydrogen-bond donors (Lipinski definition) is 1. The van der Waals surface area contributed by atoms with Gasteiger partial charge >= 0.3 is 5.97 Å². The van der Waals surface area contributed by atoms with Gasteiger partial charge in [0.2, 0.25) is 0 Å². The molecule has 0 spiro atoms. The lowest BCUT2D eigenvalue weighted by molar-refractivity contribution is -0.384. The van der Waals surface area contributed by atoms with Crippen molar-refractivity contribution in [1.82, 2.24) is 5.43 Å². The summed E-state index contributed by atoms with van der Waals surface area (Å²) in [5.41, 5.74) is 3.90. The number of methoxy groups -OCH3 is 1. The summed E-state index contributed by atoms with van der Waals surface area (Å²) in [6.07, 6.45) is 1.17. The second kappa shape index (κ2) is 9.98. The quantitative estimate of drug-likeness (QED) is 0.198. The molecule has 0 heterocycles. The first-order valence-corrected chi connectivity index (χ1v) is 9.42. The van der Waals surface area contributed by atoms with Crippen LogP contribution in [0.15, 0.2) is 71.8 Å². The molecule has 0 aliphatic carbocycles. The number of hydrazone groups is 1. The van der Waals surface area contributed by atoms with E-state index in [9.17, 15) is 19.7 Å². The van der Waals surface area contributed by atoms with Gasteiger partial charge in [-0.2, -0.15) is 5.10 Å². The van der Waals surface area contributed by atoms with Gasteiger partial charge < -0.3 is 9.47 Å². The van der Waals surface area contributed by atoms with Gasteiger partial charge in [-0.15, -0.1) is 0 Å². The Bertz CT molecular complexity index is 1190. The molecule has 3 rings (SSSR count). The van der Waals surface area contributed by atoms with E-state index in [2.05, 4.69) is 10.5 Å². The SMILES string of the molecule is COc1cccc(C(=O)Oc2ccc([N+](=O)[O-])cc2/C=N/NC(=O)c2ccc(C)cc2)c1. The number of benzene rings is 3. The zero-order chi connectivity index (χ0) is 23.1. The molecule has 1 N–H and O–H groups in total. The predicted molar refractivity (Wildman–Crippen MR) is 117 cm³/mol. The van der Waals surface area contributed by atoms with Gasteiger partial charge in [0.05, 0.1) is 23.8 Å². The highest BCUT2D eigenvalue weighted by molar-refractivity contribution is 5.96. The monoisotopic (exact) mass is 433 g/mol. The van der Waals surface area contributed by atoms with E-state index in [0.29, 0.717) is 11.3 Å². The highest BCUT2D eigenvalue weighted by Gasteiger charge is 2.16. The number of nitro benzene ring substituents is 1. The van der Waals surface area contributed by atoms with E-state index in [-0.39, 0.29) is 22.6 Å². The molecule has 9 nitrogen and oxygen atoms in total. The van der Waals surface area contributed by atoms with Gasteiger partial charge in [-0.25, -0.2) is 10.2 Å². The first kappa shape index (κ1) is 22.2. The molecular formula is C23H19N3O6. The fraction of sp³-hybridized carbons (Fsp3) is 0.0870. The Morgan fingerprint density at radius 1 is 1.03 bits per heavy atom. The van der Waals surface area contributed by atoms with Crippen LogP contribution in [0.4, 0.5) is 5.69 Å². The van der Waals surface area contributed by atoms with E-state index in [4.69, 9.17) is 9.47 Å². The van der Waals surface area contributed by atoms with Crippen LogP contribution in [-0.4, -0.2) is 30.1 Å². The number of esters is 1. The minimum absolute atomic E-state index is 0.0387. The molecule has 0 bridgehead atoms. The molecule has 0 unspecified atom stereocenters. The number of carbonyl (C=O) groups is 2. The van der Waals surface area contributed by atoms with Crippen molar-refractivity contribution in [2.45, 2.75) is 6.92 Å². The molecule has 0 saturated carbocycles. The third kappa shape index (κ3) is 5.54. The van der Waals surface area contributed by atoms with Crippen LogP contribution in [0.2, 0.25) is 0 Å². The van der Waals surface area contributed by atoms with Crippen LogP contribution in [0.25, 0.3) is 0 Å². The fourth-order valence-corrected chi connectivity index (χ4v) is 2.68. The molecule has 1 amide bonds. The Morgan fingerprint density at radius 3 is 2.47 bits per heavy atom. The van der Waals surface area contributed by atoms with Crippen molar-refractivity contribution in [2.24, 2.45) is 5.10 Å². The fourth-order valence-electron chi connectivity index (χ4n) is 2.68. The lowest BCUT2D eigenvalue weighted by Crippen LogP contribution is -2.17. The number of ether oxygens (including phenoxy) is 2. The van der Waals surface area contributed by atoms with Crippen LogP contribution in [0.1, 0.15) is 31.8 Å². The van der Waals surface area contributed by atoms with E-state index in [0.717, 1.165) is 5.56 Å². The van der Waals surface area contributed by atoms with Crippen LogP contribution in [-0.2, 0) is 0 Å². The minimum atomic E-state index is -0.684. The van der Waals surface area contributed by atoms with Gasteiger partial charge in [0.25, 0.3) is 11.6 Å². The van der Waals surface area contributed by atoms with Crippen LogP contribution >= 0.6 is 0 Å². The second-order valence-corrected chi connectivity index (χ2v) is 6.67. The van der Waals surface area contributed by atoms with Gasteiger partial charge in [0.15, 0.2) is 0 Å². The number of carbonyl (C=O) groups excluding carboxylic acids is 2. The maximum atomic E-state index is 12.5. The molecule has 162 valence electrons. The first-order chi connectivity index (χ1) is 15.4. The molecule has 0 aliphatic heterocycles. The molecule has 3 aromatic rings. The summed E-state index contributed by atoms with van der Waals surface area (Å²) in [4.78, 5) is 35.3. The highest BCUT2D eigenvalue weighted by Crippen LogP contribution is 2.24. The van der Waals surface area contributed by atoms with E-state index in [1.165, 1.54) is 37.6 Å². The summed E-state index contributed by atoms with van der Waals surface area (Å²) in [5.74, 6) is -0.627. The van der Waals surface area contributed by atoms with Crippen LogP contribution in [0.5, 0.6) is 11.5 Å². The van der Waals surface area contributed by atoms with Crippen molar-refractivity contribution >= 4 is 23.8 Å². The van der Waals surface area contributed by atoms with Crippen molar-refractivity contribution in [1.29, 1.82) is 0 Å². The number of nitrogens with zero attached hydrogens (tertiary/aromatic N) is 2. The average Bonchev–Trinajstić information content (AvgIpc) is 2.80. The molecule has 32 heavy (non-hydrogen) atoms. The molecule has 0 fully saturated rings. The summed E-state index contributed by atoms with van der Waals surface area (Å²) in [5, 5.41) is 15.0. The van der Waals surface area contributed by atoms with E-state index < -0.39 is 16.8 Å². The van der Waals surface area contributed by atoms with Gasteiger partial charge in [-0.05, 0) is 43.3 Å². The van der Waals surface area contributed by atoms with Crippen molar-refractivity contribution in [3.8, 4) is 11.5 Å². The number of non-ortho nitro benzene ring substituents is 1. The number of hydrogen-bond acceptors (Lipinski definition) is 7. The van der Waals surface area contributed by atoms with Crippen molar-refractivity contribution < 1.29 is 24.0 Å². The van der Waals surface area contributed by atoms with Gasteiger partial charge in [-0.1, -0.05) is 23.8 Å². The average molecular weight is 433 g/mol. The normalized spacial score (nSPS) is 10.6. The summed E-state index contributed by atoms with van der Waals surface area (Å²) in [6.45, 7) is 1.90.